The van der Waals surface area contributed by atoms with Crippen LogP contribution in [0.25, 0.3) is 0 Å². The molecule has 0 saturated heterocycles. The Morgan fingerprint density at radius 1 is 1.12 bits per heavy atom. The van der Waals surface area contributed by atoms with Crippen LogP contribution in [0.5, 0.6) is 0 Å². The van der Waals surface area contributed by atoms with Crippen molar-refractivity contribution in [3.63, 3.8) is 0 Å². The Morgan fingerprint density at radius 3 is 2.18 bits per heavy atom. The molecule has 0 saturated carbocycles. The van der Waals surface area contributed by atoms with E-state index >= 15 is 0 Å². The largest absolute Gasteiger partial charge is 0.324 e. The fraction of sp³-hybridized carbons (Fsp3) is 0.600. The van der Waals surface area contributed by atoms with Gasteiger partial charge < -0.3 is 10.6 Å². The molecule has 0 aliphatic rings. The number of nitrogens with two attached hydrogens (primary N) is 1. The smallest absolute Gasteiger partial charge is 0.0307 e. The summed E-state index contributed by atoms with van der Waals surface area (Å²) in [6, 6.07) is 8.94. The maximum atomic E-state index is 6.17. The second kappa shape index (κ2) is 6.77. The first kappa shape index (κ1) is 14.2. The van der Waals surface area contributed by atoms with Crippen LogP contribution in [-0.2, 0) is 6.42 Å². The fourth-order valence-corrected chi connectivity index (χ4v) is 1.94. The minimum absolute atomic E-state index is 0.158. The molecule has 1 unspecified atom stereocenters. The molecule has 1 aromatic rings. The average molecular weight is 234 g/mol. The number of hydrogen-bond acceptors (Lipinski definition) is 2. The average Bonchev–Trinajstić information content (AvgIpc) is 2.26. The molecule has 0 amide bonds. The number of nitrogens with zero attached hydrogens (tertiary/aromatic N) is 1. The van der Waals surface area contributed by atoms with E-state index in [-0.39, 0.29) is 6.04 Å². The second-order valence-corrected chi connectivity index (χ2v) is 5.54. The third kappa shape index (κ3) is 5.33. The molecule has 0 spiro atoms. The summed E-state index contributed by atoms with van der Waals surface area (Å²) in [6.45, 7) is 5.53. The van der Waals surface area contributed by atoms with Gasteiger partial charge in [-0.15, -0.1) is 0 Å². The topological polar surface area (TPSA) is 29.3 Å². The van der Waals surface area contributed by atoms with E-state index in [1.807, 2.05) is 0 Å². The molecule has 2 nitrogen and oxygen atoms in total. The van der Waals surface area contributed by atoms with Crippen LogP contribution >= 0.6 is 0 Å². The van der Waals surface area contributed by atoms with Gasteiger partial charge in [0, 0.05) is 6.04 Å². The van der Waals surface area contributed by atoms with Gasteiger partial charge in [-0.2, -0.15) is 0 Å². The highest BCUT2D eigenvalue weighted by molar-refractivity contribution is 5.25. The van der Waals surface area contributed by atoms with E-state index in [4.69, 9.17) is 5.73 Å². The summed E-state index contributed by atoms with van der Waals surface area (Å²) in [5.41, 5.74) is 8.82. The van der Waals surface area contributed by atoms with Crippen LogP contribution < -0.4 is 5.73 Å². The lowest BCUT2D eigenvalue weighted by Crippen LogP contribution is -2.20. The summed E-state index contributed by atoms with van der Waals surface area (Å²) in [4.78, 5) is 2.17. The third-order valence-corrected chi connectivity index (χ3v) is 2.94. The van der Waals surface area contributed by atoms with Crippen molar-refractivity contribution in [2.45, 2.75) is 32.7 Å². The maximum Gasteiger partial charge on any atom is 0.0307 e. The van der Waals surface area contributed by atoms with Gasteiger partial charge in [0.05, 0.1) is 0 Å². The van der Waals surface area contributed by atoms with Gasteiger partial charge >= 0.3 is 0 Å². The van der Waals surface area contributed by atoms with Crippen molar-refractivity contribution in [3.8, 4) is 0 Å². The van der Waals surface area contributed by atoms with E-state index < -0.39 is 0 Å². The number of hydrogen-bond donors (Lipinski definition) is 1. The predicted molar refractivity (Wildman–Crippen MR) is 75.1 cm³/mol. The van der Waals surface area contributed by atoms with Crippen molar-refractivity contribution in [1.82, 2.24) is 4.90 Å². The first-order chi connectivity index (χ1) is 7.99. The quantitative estimate of drug-likeness (QED) is 0.820. The molecule has 1 atom stereocenters. The Kier molecular flexibility index (Phi) is 5.66. The van der Waals surface area contributed by atoms with Gasteiger partial charge in [0.15, 0.2) is 0 Å². The van der Waals surface area contributed by atoms with Crippen LogP contribution in [0.3, 0.4) is 0 Å². The lowest BCUT2D eigenvalue weighted by Gasteiger charge is -2.16. The van der Waals surface area contributed by atoms with Crippen molar-refractivity contribution < 1.29 is 0 Å². The minimum atomic E-state index is 0.158. The van der Waals surface area contributed by atoms with Gasteiger partial charge in [0.1, 0.15) is 0 Å². The zero-order chi connectivity index (χ0) is 12.8. The van der Waals surface area contributed by atoms with Gasteiger partial charge in [-0.1, -0.05) is 38.1 Å². The maximum absolute atomic E-state index is 6.17. The van der Waals surface area contributed by atoms with Crippen LogP contribution in [0.15, 0.2) is 24.3 Å². The highest BCUT2D eigenvalue weighted by Gasteiger charge is 2.06. The molecular formula is C15H26N2. The van der Waals surface area contributed by atoms with Crippen LogP contribution in [0.2, 0.25) is 0 Å². The molecule has 0 bridgehead atoms. The molecular weight excluding hydrogens is 208 g/mol. The lowest BCUT2D eigenvalue weighted by atomic mass is 9.98. The molecule has 0 radical (unpaired) electrons. The van der Waals surface area contributed by atoms with Crippen LogP contribution in [0.4, 0.5) is 0 Å². The summed E-state index contributed by atoms with van der Waals surface area (Å²) < 4.78 is 0. The highest BCUT2D eigenvalue weighted by atomic mass is 15.0. The van der Waals surface area contributed by atoms with Crippen molar-refractivity contribution in [3.05, 3.63) is 35.4 Å². The molecule has 0 aliphatic heterocycles. The van der Waals surface area contributed by atoms with E-state index in [9.17, 15) is 0 Å². The van der Waals surface area contributed by atoms with E-state index in [0.717, 1.165) is 19.4 Å². The fourth-order valence-electron chi connectivity index (χ4n) is 1.94. The lowest BCUT2D eigenvalue weighted by molar-refractivity contribution is 0.382. The highest BCUT2D eigenvalue weighted by Crippen LogP contribution is 2.16. The van der Waals surface area contributed by atoms with Gasteiger partial charge in [-0.05, 0) is 50.5 Å². The molecule has 0 aromatic heterocycles. The summed E-state index contributed by atoms with van der Waals surface area (Å²) in [5.74, 6) is 0.711. The molecule has 0 aliphatic carbocycles. The van der Waals surface area contributed by atoms with E-state index in [0.29, 0.717) is 5.92 Å². The Hall–Kier alpha value is -0.860. The van der Waals surface area contributed by atoms with Gasteiger partial charge in [-0.3, -0.25) is 0 Å². The molecule has 2 N–H and O–H groups in total. The summed E-state index contributed by atoms with van der Waals surface area (Å²) in [6.07, 6.45) is 2.16. The molecule has 17 heavy (non-hydrogen) atoms. The van der Waals surface area contributed by atoms with Crippen LogP contribution in [0, 0.1) is 5.92 Å². The Morgan fingerprint density at radius 2 is 1.71 bits per heavy atom. The van der Waals surface area contributed by atoms with Gasteiger partial charge in [-0.25, -0.2) is 0 Å². The number of benzene rings is 1. The van der Waals surface area contributed by atoms with Gasteiger partial charge in [0.2, 0.25) is 0 Å². The third-order valence-electron chi connectivity index (χ3n) is 2.94. The van der Waals surface area contributed by atoms with Crippen molar-refractivity contribution in [1.29, 1.82) is 0 Å². The Labute approximate surface area is 106 Å². The molecule has 2 heteroatoms. The van der Waals surface area contributed by atoms with Crippen LogP contribution in [0.1, 0.15) is 37.4 Å². The Balaban J connectivity index is 2.54. The second-order valence-electron chi connectivity index (χ2n) is 5.54. The summed E-state index contributed by atoms with van der Waals surface area (Å²) in [5, 5.41) is 0. The molecule has 0 fully saturated rings. The molecule has 1 rings (SSSR count). The minimum Gasteiger partial charge on any atom is -0.324 e. The standard InChI is InChI=1S/C15H26N2/c1-12(2)11-13-5-7-14(8-6-13)15(16)9-10-17(3)4/h5-8,12,15H,9-11,16H2,1-4H3. The first-order valence-electron chi connectivity index (χ1n) is 6.48. The molecule has 96 valence electrons. The molecule has 0 heterocycles. The SMILES string of the molecule is CC(C)Cc1ccc(C(N)CCN(C)C)cc1. The van der Waals surface area contributed by atoms with Gasteiger partial charge in [0.25, 0.3) is 0 Å². The van der Waals surface area contributed by atoms with E-state index in [1.54, 1.807) is 0 Å². The molecule has 1 aromatic carbocycles. The van der Waals surface area contributed by atoms with Crippen molar-refractivity contribution >= 4 is 0 Å². The van der Waals surface area contributed by atoms with Crippen LogP contribution in [-0.4, -0.2) is 25.5 Å². The normalized spacial score (nSPS) is 13.4. The van der Waals surface area contributed by atoms with E-state index in [1.165, 1.54) is 11.1 Å². The first-order valence-corrected chi connectivity index (χ1v) is 6.48. The summed E-state index contributed by atoms with van der Waals surface area (Å²) in [7, 11) is 4.16. The zero-order valence-electron chi connectivity index (χ0n) is 11.6. The predicted octanol–water partition coefficient (Wildman–Crippen LogP) is 2.84. The Bertz CT molecular complexity index is 314. The van der Waals surface area contributed by atoms with Crippen molar-refractivity contribution in [2.75, 3.05) is 20.6 Å². The van der Waals surface area contributed by atoms with E-state index in [2.05, 4.69) is 57.1 Å². The van der Waals surface area contributed by atoms with Crippen molar-refractivity contribution in [2.24, 2.45) is 11.7 Å². The monoisotopic (exact) mass is 234 g/mol. The summed E-state index contributed by atoms with van der Waals surface area (Å²) >= 11 is 0. The zero-order valence-corrected chi connectivity index (χ0v) is 11.6. The number of rotatable bonds is 6.